The van der Waals surface area contributed by atoms with E-state index < -0.39 is 0 Å². The quantitative estimate of drug-likeness (QED) is 0.453. The van der Waals surface area contributed by atoms with Crippen LogP contribution in [0.1, 0.15) is 34.1 Å². The molecule has 1 saturated heterocycles. The molecule has 0 unspecified atom stereocenters. The third-order valence-corrected chi connectivity index (χ3v) is 3.46. The molecule has 0 aromatic rings. The van der Waals surface area contributed by atoms with Gasteiger partial charge in [0.25, 0.3) is 0 Å². The highest BCUT2D eigenvalue weighted by Gasteiger charge is 2.49. The van der Waals surface area contributed by atoms with Crippen LogP contribution in [0.25, 0.3) is 0 Å². The molecule has 0 atom stereocenters. The molecule has 0 N–H and O–H groups in total. The first-order chi connectivity index (χ1) is 6.39. The van der Waals surface area contributed by atoms with E-state index in [9.17, 15) is 0 Å². The van der Waals surface area contributed by atoms with Gasteiger partial charge in [0.15, 0.2) is 0 Å². The molecule has 1 rings (SSSR count). The summed E-state index contributed by atoms with van der Waals surface area (Å²) < 4.78 is 12.7. The highest BCUT2D eigenvalue weighted by atomic mass is 127. The largest absolute Gasteiger partial charge is 0.486 e. The maximum Gasteiger partial charge on any atom is 0.486 e. The van der Waals surface area contributed by atoms with Crippen molar-refractivity contribution < 1.29 is 9.31 Å². The predicted octanol–water partition coefficient (Wildman–Crippen LogP) is 3.00. The molecular formula is C10H18BIO2. The summed E-state index contributed by atoms with van der Waals surface area (Å²) in [6.07, 6.45) is 3.19. The molecule has 1 heterocycles. The van der Waals surface area contributed by atoms with Gasteiger partial charge in [0.1, 0.15) is 0 Å². The van der Waals surface area contributed by atoms with Crippen LogP contribution in [0.3, 0.4) is 0 Å². The van der Waals surface area contributed by atoms with Gasteiger partial charge in [-0.15, -0.1) is 0 Å². The summed E-state index contributed by atoms with van der Waals surface area (Å²) in [6.45, 7) is 8.27. The molecule has 14 heavy (non-hydrogen) atoms. The molecule has 0 aromatic heterocycles. The second-order valence-corrected chi connectivity index (χ2v) is 5.61. The molecule has 0 amide bonds. The first-order valence-corrected chi connectivity index (χ1v) is 6.50. The molecule has 0 aromatic carbocycles. The summed E-state index contributed by atoms with van der Waals surface area (Å²) in [5.41, 5.74) is -0.432. The Morgan fingerprint density at radius 1 is 1.14 bits per heavy atom. The fourth-order valence-electron chi connectivity index (χ4n) is 1.24. The van der Waals surface area contributed by atoms with Gasteiger partial charge in [0, 0.05) is 4.43 Å². The Hall–Kier alpha value is 0.455. The molecule has 4 heteroatoms. The summed E-state index contributed by atoms with van der Waals surface area (Å²) in [7, 11) is -0.178. The summed E-state index contributed by atoms with van der Waals surface area (Å²) >= 11 is 2.35. The maximum atomic E-state index is 5.80. The third kappa shape index (κ3) is 2.73. The van der Waals surface area contributed by atoms with Crippen LogP contribution in [0, 0.1) is 0 Å². The molecule has 0 spiro atoms. The fraction of sp³-hybridized carbons (Fsp3) is 0.800. The zero-order valence-electron chi connectivity index (χ0n) is 9.34. The minimum atomic E-state index is -0.216. The third-order valence-electron chi connectivity index (χ3n) is 2.84. The van der Waals surface area contributed by atoms with Crippen LogP contribution in [0.2, 0.25) is 0 Å². The Kier molecular flexibility index (Phi) is 4.06. The number of alkyl halides is 1. The van der Waals surface area contributed by atoms with Gasteiger partial charge in [0.2, 0.25) is 0 Å². The maximum absolute atomic E-state index is 5.80. The molecule has 0 aliphatic carbocycles. The van der Waals surface area contributed by atoms with Gasteiger partial charge < -0.3 is 9.31 Å². The average Bonchev–Trinajstić information content (AvgIpc) is 2.21. The SMILES string of the molecule is CC1(C)OB(/C=C/CCI)OC1(C)C. The van der Waals surface area contributed by atoms with E-state index in [2.05, 4.69) is 56.4 Å². The molecule has 1 aliphatic rings. The Morgan fingerprint density at radius 3 is 2.07 bits per heavy atom. The van der Waals surface area contributed by atoms with Gasteiger partial charge in [-0.05, 0) is 34.1 Å². The lowest BCUT2D eigenvalue weighted by Crippen LogP contribution is -2.41. The first kappa shape index (κ1) is 12.5. The standard InChI is InChI=1S/C10H18BIO2/c1-9(2)10(3,4)14-11(13-9)7-5-6-8-12/h5,7H,6,8H2,1-4H3/b7-5+. The zero-order valence-corrected chi connectivity index (χ0v) is 11.5. The van der Waals surface area contributed by atoms with E-state index in [1.54, 1.807) is 0 Å². The molecule has 1 fully saturated rings. The van der Waals surface area contributed by atoms with Gasteiger partial charge in [0.05, 0.1) is 11.2 Å². The number of halogens is 1. The van der Waals surface area contributed by atoms with Crippen LogP contribution in [0.5, 0.6) is 0 Å². The highest BCUT2D eigenvalue weighted by molar-refractivity contribution is 14.1. The lowest BCUT2D eigenvalue weighted by atomic mass is 9.90. The Balaban J connectivity index is 2.55. The van der Waals surface area contributed by atoms with Gasteiger partial charge >= 0.3 is 7.12 Å². The predicted molar refractivity (Wildman–Crippen MR) is 68.7 cm³/mol. The number of allylic oxidation sites excluding steroid dienone is 1. The average molecular weight is 308 g/mol. The monoisotopic (exact) mass is 308 g/mol. The molecule has 80 valence electrons. The zero-order chi connectivity index (χ0) is 10.8. The van der Waals surface area contributed by atoms with Crippen molar-refractivity contribution in [1.82, 2.24) is 0 Å². The second-order valence-electron chi connectivity index (χ2n) is 4.53. The fourth-order valence-corrected chi connectivity index (χ4v) is 1.60. The van der Waals surface area contributed by atoms with E-state index in [1.807, 2.05) is 5.98 Å². The Morgan fingerprint density at radius 2 is 1.64 bits per heavy atom. The van der Waals surface area contributed by atoms with E-state index in [4.69, 9.17) is 9.31 Å². The van der Waals surface area contributed by atoms with Crippen LogP contribution in [0.15, 0.2) is 12.1 Å². The van der Waals surface area contributed by atoms with E-state index >= 15 is 0 Å². The first-order valence-electron chi connectivity index (χ1n) is 4.97. The molecule has 2 nitrogen and oxygen atoms in total. The number of rotatable bonds is 3. The van der Waals surface area contributed by atoms with Crippen molar-refractivity contribution in [2.75, 3.05) is 4.43 Å². The summed E-state index contributed by atoms with van der Waals surface area (Å²) in [4.78, 5) is 0. The smallest absolute Gasteiger partial charge is 0.400 e. The normalized spacial score (nSPS) is 24.8. The van der Waals surface area contributed by atoms with Gasteiger partial charge in [-0.3, -0.25) is 0 Å². The molecule has 1 aliphatic heterocycles. The van der Waals surface area contributed by atoms with Crippen molar-refractivity contribution in [2.24, 2.45) is 0 Å². The van der Waals surface area contributed by atoms with E-state index in [1.165, 1.54) is 0 Å². The van der Waals surface area contributed by atoms with Crippen molar-refractivity contribution in [3.05, 3.63) is 12.1 Å². The van der Waals surface area contributed by atoms with E-state index in [0.717, 1.165) is 10.8 Å². The van der Waals surface area contributed by atoms with Crippen LogP contribution in [-0.2, 0) is 9.31 Å². The lowest BCUT2D eigenvalue weighted by Gasteiger charge is -2.32. The summed E-state index contributed by atoms with van der Waals surface area (Å²) in [5.74, 6) is 2.01. The molecule has 0 saturated carbocycles. The van der Waals surface area contributed by atoms with Gasteiger partial charge in [-0.25, -0.2) is 0 Å². The van der Waals surface area contributed by atoms with Crippen molar-refractivity contribution in [1.29, 1.82) is 0 Å². The lowest BCUT2D eigenvalue weighted by molar-refractivity contribution is 0.00578. The number of hydrogen-bond acceptors (Lipinski definition) is 2. The summed E-state index contributed by atoms with van der Waals surface area (Å²) in [5, 5.41) is 0. The highest BCUT2D eigenvalue weighted by Crippen LogP contribution is 2.36. The van der Waals surface area contributed by atoms with Crippen LogP contribution >= 0.6 is 22.6 Å². The van der Waals surface area contributed by atoms with Crippen molar-refractivity contribution in [3.63, 3.8) is 0 Å². The van der Waals surface area contributed by atoms with Crippen LogP contribution in [-0.4, -0.2) is 22.7 Å². The van der Waals surface area contributed by atoms with E-state index in [-0.39, 0.29) is 18.3 Å². The minimum Gasteiger partial charge on any atom is -0.400 e. The summed E-state index contributed by atoms with van der Waals surface area (Å²) in [6, 6.07) is 0. The molecule has 0 radical (unpaired) electrons. The van der Waals surface area contributed by atoms with Crippen LogP contribution < -0.4 is 0 Å². The minimum absolute atomic E-state index is 0.178. The second kappa shape index (κ2) is 4.53. The van der Waals surface area contributed by atoms with Crippen molar-refractivity contribution in [3.8, 4) is 0 Å². The van der Waals surface area contributed by atoms with Gasteiger partial charge in [-0.1, -0.05) is 34.6 Å². The van der Waals surface area contributed by atoms with Crippen molar-refractivity contribution >= 4 is 29.7 Å². The molecule has 0 bridgehead atoms. The topological polar surface area (TPSA) is 18.5 Å². The Bertz CT molecular complexity index is 210. The van der Waals surface area contributed by atoms with Crippen LogP contribution in [0.4, 0.5) is 0 Å². The van der Waals surface area contributed by atoms with Crippen molar-refractivity contribution in [2.45, 2.75) is 45.3 Å². The number of hydrogen-bond donors (Lipinski definition) is 0. The van der Waals surface area contributed by atoms with Gasteiger partial charge in [-0.2, -0.15) is 0 Å². The Labute approximate surface area is 101 Å². The van der Waals surface area contributed by atoms with E-state index in [0.29, 0.717) is 0 Å². The molecular weight excluding hydrogens is 290 g/mol.